The number of nitrogens with zero attached hydrogens (tertiary/aromatic N) is 2. The zero-order valence-corrected chi connectivity index (χ0v) is 20.6. The van der Waals surface area contributed by atoms with Crippen molar-refractivity contribution in [2.24, 2.45) is 0 Å². The van der Waals surface area contributed by atoms with Crippen LogP contribution in [-0.4, -0.2) is 21.2 Å². The lowest BCUT2D eigenvalue weighted by Crippen LogP contribution is -2.17. The van der Waals surface area contributed by atoms with Crippen LogP contribution in [0.5, 0.6) is 5.75 Å². The number of fused-ring (bicyclic) bond motifs is 1. The highest BCUT2D eigenvalue weighted by Gasteiger charge is 2.16. The van der Waals surface area contributed by atoms with Crippen molar-refractivity contribution >= 4 is 48.2 Å². The Kier molecular flexibility index (Phi) is 11.5. The minimum absolute atomic E-state index is 0. The molecule has 0 fully saturated rings. The normalized spacial score (nSPS) is 10.2. The van der Waals surface area contributed by atoms with Gasteiger partial charge in [-0.25, -0.2) is 9.78 Å². The Balaban J connectivity index is 0.00000181. The van der Waals surface area contributed by atoms with E-state index in [-0.39, 0.29) is 48.6 Å². The van der Waals surface area contributed by atoms with Gasteiger partial charge in [0.15, 0.2) is 0 Å². The minimum atomic E-state index is -0.351. The maximum atomic E-state index is 12.8. The predicted octanol–water partition coefficient (Wildman–Crippen LogP) is 5.04. The van der Waals surface area contributed by atoms with E-state index in [0.29, 0.717) is 29.7 Å². The van der Waals surface area contributed by atoms with Gasteiger partial charge in [0.2, 0.25) is 0 Å². The number of hydrogen-bond donors (Lipinski definition) is 2. The summed E-state index contributed by atoms with van der Waals surface area (Å²) >= 11 is 0. The van der Waals surface area contributed by atoms with Crippen LogP contribution in [0, 0.1) is 6.92 Å². The van der Waals surface area contributed by atoms with E-state index in [1.807, 2.05) is 54.1 Å². The fraction of sp³-hybridized carbons (Fsp3) is 0.250. The Hall–Kier alpha value is -2.51. The van der Waals surface area contributed by atoms with Crippen molar-refractivity contribution in [3.63, 3.8) is 0 Å². The summed E-state index contributed by atoms with van der Waals surface area (Å²) in [5.74, 6) is 0.128. The van der Waals surface area contributed by atoms with Crippen molar-refractivity contribution in [2.75, 3.05) is 6.54 Å². The van der Waals surface area contributed by atoms with Crippen LogP contribution in [-0.2, 0) is 19.5 Å². The van der Waals surface area contributed by atoms with Gasteiger partial charge in [0.25, 0.3) is 0 Å². The van der Waals surface area contributed by atoms with Crippen molar-refractivity contribution in [3.8, 4) is 5.75 Å². The van der Waals surface area contributed by atoms with Gasteiger partial charge >= 0.3 is 5.63 Å². The molecule has 33 heavy (non-hydrogen) atoms. The molecule has 4 aromatic rings. The lowest BCUT2D eigenvalue weighted by atomic mass is 9.98. The quantitative estimate of drug-likeness (QED) is 0.255. The molecule has 9 heteroatoms. The standard InChI is InChI=1S/C24H25N3O3.3ClH/c1-17-19-8-9-22(28)21(15-25-10-5-12-27-13-11-26-16-27)23(19)30-24(29)20(17)14-18-6-3-2-4-7-18;;;/h2-4,6-9,11,13,16,25,28H,5,10,12,14-15H2,1H3;3*1H. The molecule has 0 unspecified atom stereocenters. The largest absolute Gasteiger partial charge is 0.507 e. The topological polar surface area (TPSA) is 80.3 Å². The molecule has 2 aromatic heterocycles. The van der Waals surface area contributed by atoms with Crippen molar-refractivity contribution in [1.29, 1.82) is 0 Å². The van der Waals surface area contributed by atoms with Gasteiger partial charge < -0.3 is 19.4 Å². The second-order valence-electron chi connectivity index (χ2n) is 7.43. The first-order valence-electron chi connectivity index (χ1n) is 10.1. The van der Waals surface area contributed by atoms with E-state index in [4.69, 9.17) is 4.42 Å². The van der Waals surface area contributed by atoms with Crippen LogP contribution in [0.1, 0.15) is 28.7 Å². The summed E-state index contributed by atoms with van der Waals surface area (Å²) in [7, 11) is 0. The molecule has 0 saturated heterocycles. The van der Waals surface area contributed by atoms with Gasteiger partial charge in [0, 0.05) is 42.9 Å². The Morgan fingerprint density at radius 2 is 1.82 bits per heavy atom. The number of hydrogen-bond acceptors (Lipinski definition) is 5. The number of imidazole rings is 1. The lowest BCUT2D eigenvalue weighted by Gasteiger charge is -2.13. The molecule has 0 aliphatic rings. The third-order valence-electron chi connectivity index (χ3n) is 5.39. The third kappa shape index (κ3) is 6.74. The molecule has 0 aliphatic heterocycles. The predicted molar refractivity (Wildman–Crippen MR) is 138 cm³/mol. The summed E-state index contributed by atoms with van der Waals surface area (Å²) in [5.41, 5.74) is 3.32. The zero-order valence-electron chi connectivity index (χ0n) is 18.2. The van der Waals surface area contributed by atoms with Crippen molar-refractivity contribution in [1.82, 2.24) is 14.9 Å². The first-order valence-corrected chi connectivity index (χ1v) is 10.1. The number of phenols is 1. The molecule has 2 N–H and O–H groups in total. The van der Waals surface area contributed by atoms with E-state index in [1.165, 1.54) is 0 Å². The molecule has 0 saturated carbocycles. The third-order valence-corrected chi connectivity index (χ3v) is 5.39. The Labute approximate surface area is 211 Å². The number of aromatic hydroxyl groups is 1. The lowest BCUT2D eigenvalue weighted by molar-refractivity contribution is 0.459. The number of aromatic nitrogens is 2. The van der Waals surface area contributed by atoms with Crippen molar-refractivity contribution in [2.45, 2.75) is 32.9 Å². The van der Waals surface area contributed by atoms with Crippen LogP contribution < -0.4 is 10.9 Å². The van der Waals surface area contributed by atoms with E-state index in [9.17, 15) is 9.90 Å². The monoisotopic (exact) mass is 511 g/mol. The second-order valence-corrected chi connectivity index (χ2v) is 7.43. The minimum Gasteiger partial charge on any atom is -0.507 e. The molecule has 178 valence electrons. The van der Waals surface area contributed by atoms with Gasteiger partial charge in [0.1, 0.15) is 11.3 Å². The van der Waals surface area contributed by atoms with Crippen LogP contribution in [0.25, 0.3) is 11.0 Å². The van der Waals surface area contributed by atoms with E-state index in [1.54, 1.807) is 18.6 Å². The van der Waals surface area contributed by atoms with Gasteiger partial charge in [-0.2, -0.15) is 0 Å². The molecular formula is C24H28Cl3N3O3. The summed E-state index contributed by atoms with van der Waals surface area (Å²) in [4.78, 5) is 16.8. The molecular weight excluding hydrogens is 485 g/mol. The van der Waals surface area contributed by atoms with Gasteiger partial charge in [-0.3, -0.25) is 0 Å². The molecule has 6 nitrogen and oxygen atoms in total. The summed E-state index contributed by atoms with van der Waals surface area (Å²) in [6, 6.07) is 13.4. The average molecular weight is 513 g/mol. The van der Waals surface area contributed by atoms with Crippen LogP contribution in [0.3, 0.4) is 0 Å². The van der Waals surface area contributed by atoms with Crippen LogP contribution in [0.4, 0.5) is 0 Å². The van der Waals surface area contributed by atoms with Crippen LogP contribution >= 0.6 is 37.2 Å². The zero-order chi connectivity index (χ0) is 20.9. The molecule has 0 amide bonds. The molecule has 0 atom stereocenters. The smallest absolute Gasteiger partial charge is 0.340 e. The van der Waals surface area contributed by atoms with E-state index in [0.717, 1.165) is 36.0 Å². The number of phenolic OH excluding ortho intramolecular Hbond substituents is 1. The van der Waals surface area contributed by atoms with E-state index >= 15 is 0 Å². The van der Waals surface area contributed by atoms with E-state index < -0.39 is 0 Å². The molecule has 4 rings (SSSR count). The molecule has 0 bridgehead atoms. The number of rotatable bonds is 8. The fourth-order valence-corrected chi connectivity index (χ4v) is 3.69. The Morgan fingerprint density at radius 1 is 1.06 bits per heavy atom. The fourth-order valence-electron chi connectivity index (χ4n) is 3.69. The number of nitrogens with one attached hydrogen (secondary N) is 1. The molecule has 0 radical (unpaired) electrons. The number of benzene rings is 2. The Morgan fingerprint density at radius 3 is 2.52 bits per heavy atom. The molecule has 0 aliphatic carbocycles. The number of aryl methyl sites for hydroxylation is 2. The first-order chi connectivity index (χ1) is 14.6. The molecule has 2 aromatic carbocycles. The van der Waals surface area contributed by atoms with Crippen molar-refractivity contribution < 1.29 is 9.52 Å². The van der Waals surface area contributed by atoms with Crippen molar-refractivity contribution in [3.05, 3.63) is 93.9 Å². The molecule has 2 heterocycles. The number of halogens is 3. The Bertz CT molecular complexity index is 1200. The summed E-state index contributed by atoms with van der Waals surface area (Å²) in [6.07, 6.45) is 6.93. The van der Waals surface area contributed by atoms with Gasteiger partial charge in [-0.1, -0.05) is 30.3 Å². The van der Waals surface area contributed by atoms with Gasteiger partial charge in [0.05, 0.1) is 11.9 Å². The summed E-state index contributed by atoms with van der Waals surface area (Å²) in [6.45, 7) is 4.00. The average Bonchev–Trinajstić information content (AvgIpc) is 3.26. The van der Waals surface area contributed by atoms with E-state index in [2.05, 4.69) is 10.3 Å². The summed E-state index contributed by atoms with van der Waals surface area (Å²) < 4.78 is 7.73. The van der Waals surface area contributed by atoms with Crippen LogP contribution in [0.15, 0.2) is 70.4 Å². The highest BCUT2D eigenvalue weighted by atomic mass is 35.5. The highest BCUT2D eigenvalue weighted by molar-refractivity contribution is 5.86. The van der Waals surface area contributed by atoms with Gasteiger partial charge in [-0.05, 0) is 43.1 Å². The molecule has 0 spiro atoms. The van der Waals surface area contributed by atoms with Gasteiger partial charge in [-0.15, -0.1) is 37.2 Å². The van der Waals surface area contributed by atoms with Crippen LogP contribution in [0.2, 0.25) is 0 Å². The first kappa shape index (κ1) is 28.5. The second kappa shape index (κ2) is 13.3. The summed E-state index contributed by atoms with van der Waals surface area (Å²) in [5, 5.41) is 14.6. The highest BCUT2D eigenvalue weighted by Crippen LogP contribution is 2.29. The SMILES string of the molecule is Cc1c(Cc2ccccc2)c(=O)oc2c(CNCCCn3ccnc3)c(O)ccc12.Cl.Cl.Cl. The maximum absolute atomic E-state index is 12.8. The maximum Gasteiger partial charge on any atom is 0.340 e.